The minimum absolute atomic E-state index is 0.000201. The van der Waals surface area contributed by atoms with E-state index in [-0.39, 0.29) is 11.3 Å². The SMILES string of the molecule is CC(C)(C)c1csc(CN2CCN(C(=O)c3cc(Br)ccc3Cl)CC2)n1. The molecule has 0 bridgehead atoms. The van der Waals surface area contributed by atoms with Gasteiger partial charge >= 0.3 is 0 Å². The van der Waals surface area contributed by atoms with E-state index in [9.17, 15) is 4.79 Å². The molecule has 140 valence electrons. The fourth-order valence-corrected chi connectivity index (χ4v) is 4.48. The molecule has 4 nitrogen and oxygen atoms in total. The maximum Gasteiger partial charge on any atom is 0.255 e. The van der Waals surface area contributed by atoms with Gasteiger partial charge in [0, 0.05) is 41.4 Å². The summed E-state index contributed by atoms with van der Waals surface area (Å²) in [5.41, 5.74) is 1.79. The molecule has 7 heteroatoms. The molecule has 0 unspecified atom stereocenters. The zero-order chi connectivity index (χ0) is 18.9. The van der Waals surface area contributed by atoms with E-state index in [1.807, 2.05) is 11.0 Å². The van der Waals surface area contributed by atoms with Gasteiger partial charge in [0.05, 0.1) is 22.8 Å². The zero-order valence-electron chi connectivity index (χ0n) is 15.3. The Hall–Kier alpha value is -0.950. The number of carbonyl (C=O) groups is 1. The molecule has 26 heavy (non-hydrogen) atoms. The summed E-state index contributed by atoms with van der Waals surface area (Å²) in [5.74, 6) is 0.000201. The summed E-state index contributed by atoms with van der Waals surface area (Å²) in [6.45, 7) is 10.5. The second-order valence-corrected chi connectivity index (χ2v) is 9.83. The van der Waals surface area contributed by atoms with E-state index in [2.05, 4.69) is 47.0 Å². The summed E-state index contributed by atoms with van der Waals surface area (Å²) in [7, 11) is 0. The molecule has 1 aliphatic heterocycles. The molecule has 0 aliphatic carbocycles. The van der Waals surface area contributed by atoms with Crippen LogP contribution < -0.4 is 0 Å². The molecular formula is C19H23BrClN3OS. The number of piperazine rings is 1. The van der Waals surface area contributed by atoms with E-state index in [1.165, 1.54) is 0 Å². The second-order valence-electron chi connectivity index (χ2n) is 7.57. The molecule has 3 rings (SSSR count). The lowest BCUT2D eigenvalue weighted by Gasteiger charge is -2.34. The monoisotopic (exact) mass is 455 g/mol. The van der Waals surface area contributed by atoms with Gasteiger partial charge in [-0.25, -0.2) is 4.98 Å². The van der Waals surface area contributed by atoms with Gasteiger partial charge in [-0.3, -0.25) is 9.69 Å². The summed E-state index contributed by atoms with van der Waals surface area (Å²) < 4.78 is 0.863. The Labute approximate surface area is 172 Å². The van der Waals surface area contributed by atoms with Crippen molar-refractivity contribution in [3.63, 3.8) is 0 Å². The maximum absolute atomic E-state index is 12.7. The van der Waals surface area contributed by atoms with Crippen LogP contribution in [0.5, 0.6) is 0 Å². The third-order valence-electron chi connectivity index (χ3n) is 4.50. The molecule has 1 aromatic heterocycles. The average molecular weight is 457 g/mol. The van der Waals surface area contributed by atoms with Crippen LogP contribution in [0.25, 0.3) is 0 Å². The van der Waals surface area contributed by atoms with Gasteiger partial charge < -0.3 is 4.90 Å². The standard InChI is InChI=1S/C19H23BrClN3OS/c1-19(2,3)16-12-26-17(22-16)11-23-6-8-24(9-7-23)18(25)14-10-13(20)4-5-15(14)21/h4-5,10,12H,6-9,11H2,1-3H3. The van der Waals surface area contributed by atoms with Gasteiger partial charge in [-0.1, -0.05) is 48.3 Å². The highest BCUT2D eigenvalue weighted by atomic mass is 79.9. The number of nitrogens with zero attached hydrogens (tertiary/aromatic N) is 3. The number of benzene rings is 1. The van der Waals surface area contributed by atoms with Crippen molar-refractivity contribution in [2.75, 3.05) is 26.2 Å². The van der Waals surface area contributed by atoms with Gasteiger partial charge in [-0.15, -0.1) is 11.3 Å². The van der Waals surface area contributed by atoms with Crippen molar-refractivity contribution in [1.82, 2.24) is 14.8 Å². The summed E-state index contributed by atoms with van der Waals surface area (Å²) in [6, 6.07) is 5.39. The van der Waals surface area contributed by atoms with Crippen LogP contribution in [-0.2, 0) is 12.0 Å². The number of carbonyl (C=O) groups excluding carboxylic acids is 1. The lowest BCUT2D eigenvalue weighted by molar-refractivity contribution is 0.0628. The molecule has 0 N–H and O–H groups in total. The van der Waals surface area contributed by atoms with Gasteiger partial charge in [0.1, 0.15) is 5.01 Å². The number of thiazole rings is 1. The fraction of sp³-hybridized carbons (Fsp3) is 0.474. The molecule has 1 fully saturated rings. The first-order chi connectivity index (χ1) is 12.2. The molecule has 2 aromatic rings. The number of rotatable bonds is 3. The second kappa shape index (κ2) is 7.97. The molecule has 1 saturated heterocycles. The zero-order valence-corrected chi connectivity index (χ0v) is 18.4. The molecule has 1 aliphatic rings. The Kier molecular flexibility index (Phi) is 6.07. The summed E-state index contributed by atoms with van der Waals surface area (Å²) in [4.78, 5) is 21.8. The Morgan fingerprint density at radius 2 is 1.96 bits per heavy atom. The quantitative estimate of drug-likeness (QED) is 0.665. The van der Waals surface area contributed by atoms with Crippen LogP contribution in [0.2, 0.25) is 5.02 Å². The lowest BCUT2D eigenvalue weighted by Crippen LogP contribution is -2.48. The van der Waals surface area contributed by atoms with Crippen LogP contribution in [0.1, 0.15) is 41.8 Å². The van der Waals surface area contributed by atoms with Crippen molar-refractivity contribution < 1.29 is 4.79 Å². The number of hydrogen-bond acceptors (Lipinski definition) is 4. The number of halogens is 2. The molecule has 0 saturated carbocycles. The minimum atomic E-state index is 0.000201. The average Bonchev–Trinajstić information content (AvgIpc) is 3.06. The van der Waals surface area contributed by atoms with Crippen molar-refractivity contribution in [2.24, 2.45) is 0 Å². The highest BCUT2D eigenvalue weighted by molar-refractivity contribution is 9.10. The number of hydrogen-bond donors (Lipinski definition) is 0. The van der Waals surface area contributed by atoms with E-state index in [0.29, 0.717) is 23.7 Å². The predicted octanol–water partition coefficient (Wildman–Crippen LogP) is 4.81. The van der Waals surface area contributed by atoms with Crippen molar-refractivity contribution in [2.45, 2.75) is 32.7 Å². The molecule has 2 heterocycles. The van der Waals surface area contributed by atoms with Gasteiger partial charge in [0.15, 0.2) is 0 Å². The maximum atomic E-state index is 12.7. The predicted molar refractivity (Wildman–Crippen MR) is 111 cm³/mol. The smallest absolute Gasteiger partial charge is 0.255 e. The van der Waals surface area contributed by atoms with Crippen molar-refractivity contribution in [3.8, 4) is 0 Å². The minimum Gasteiger partial charge on any atom is -0.336 e. The summed E-state index contributed by atoms with van der Waals surface area (Å²) in [5, 5.41) is 3.80. The summed E-state index contributed by atoms with van der Waals surface area (Å²) >= 11 is 11.3. The number of aromatic nitrogens is 1. The van der Waals surface area contributed by atoms with E-state index in [1.54, 1.807) is 23.5 Å². The largest absolute Gasteiger partial charge is 0.336 e. The normalized spacial score (nSPS) is 16.1. The molecule has 0 spiro atoms. The lowest BCUT2D eigenvalue weighted by atomic mass is 9.93. The van der Waals surface area contributed by atoms with Crippen LogP contribution in [-0.4, -0.2) is 46.9 Å². The Balaban J connectivity index is 1.58. The van der Waals surface area contributed by atoms with E-state index in [0.717, 1.165) is 34.8 Å². The van der Waals surface area contributed by atoms with Crippen LogP contribution in [0.4, 0.5) is 0 Å². The first kappa shape index (κ1) is 19.8. The Morgan fingerprint density at radius 3 is 2.58 bits per heavy atom. The molecular weight excluding hydrogens is 434 g/mol. The third kappa shape index (κ3) is 4.66. The molecule has 1 amide bonds. The summed E-state index contributed by atoms with van der Waals surface area (Å²) in [6.07, 6.45) is 0. The third-order valence-corrected chi connectivity index (χ3v) is 6.15. The highest BCUT2D eigenvalue weighted by Gasteiger charge is 2.25. The fourth-order valence-electron chi connectivity index (χ4n) is 2.86. The van der Waals surface area contributed by atoms with Crippen LogP contribution in [0, 0.1) is 0 Å². The molecule has 0 atom stereocenters. The first-order valence-electron chi connectivity index (χ1n) is 8.65. The van der Waals surface area contributed by atoms with E-state index in [4.69, 9.17) is 16.6 Å². The molecule has 1 aromatic carbocycles. The number of amides is 1. The topological polar surface area (TPSA) is 36.4 Å². The van der Waals surface area contributed by atoms with Crippen molar-refractivity contribution in [3.05, 3.63) is 49.3 Å². The van der Waals surface area contributed by atoms with Crippen LogP contribution >= 0.6 is 38.9 Å². The molecule has 0 radical (unpaired) electrons. The van der Waals surface area contributed by atoms with Gasteiger partial charge in [-0.2, -0.15) is 0 Å². The van der Waals surface area contributed by atoms with Crippen molar-refractivity contribution >= 4 is 44.8 Å². The van der Waals surface area contributed by atoms with Gasteiger partial charge in [0.25, 0.3) is 5.91 Å². The van der Waals surface area contributed by atoms with Crippen LogP contribution in [0.3, 0.4) is 0 Å². The van der Waals surface area contributed by atoms with E-state index >= 15 is 0 Å². The van der Waals surface area contributed by atoms with Crippen molar-refractivity contribution in [1.29, 1.82) is 0 Å². The highest BCUT2D eigenvalue weighted by Crippen LogP contribution is 2.25. The van der Waals surface area contributed by atoms with Crippen LogP contribution in [0.15, 0.2) is 28.1 Å². The van der Waals surface area contributed by atoms with Gasteiger partial charge in [0.2, 0.25) is 0 Å². The van der Waals surface area contributed by atoms with Gasteiger partial charge in [-0.05, 0) is 18.2 Å². The Bertz CT molecular complexity index is 794. The van der Waals surface area contributed by atoms with E-state index < -0.39 is 0 Å². The first-order valence-corrected chi connectivity index (χ1v) is 10.7. The Morgan fingerprint density at radius 1 is 1.27 bits per heavy atom.